The third-order valence-corrected chi connectivity index (χ3v) is 5.91. The molecule has 11 heteroatoms. The molecule has 2 aromatic carbocycles. The Labute approximate surface area is 179 Å². The van der Waals surface area contributed by atoms with E-state index in [9.17, 15) is 26.4 Å². The smallest absolute Gasteiger partial charge is 0.416 e. The summed E-state index contributed by atoms with van der Waals surface area (Å²) in [5.41, 5.74) is -0.177. The van der Waals surface area contributed by atoms with Crippen LogP contribution in [0.1, 0.15) is 17.2 Å². The molecular weight excluding hydrogens is 435 g/mol. The van der Waals surface area contributed by atoms with Crippen LogP contribution in [0.2, 0.25) is 0 Å². The number of rotatable bonds is 9. The molecule has 1 unspecified atom stereocenters. The maximum atomic E-state index is 12.8. The van der Waals surface area contributed by atoms with Gasteiger partial charge in [0.25, 0.3) is 0 Å². The number of carbonyl (C=O) groups excluding carboxylic acids is 1. The lowest BCUT2D eigenvalue weighted by Crippen LogP contribution is -2.40. The van der Waals surface area contributed by atoms with Gasteiger partial charge in [0, 0.05) is 6.54 Å². The summed E-state index contributed by atoms with van der Waals surface area (Å²) in [6.07, 6.45) is -4.68. The SMILES string of the molecule is COc1ccc(C(CNC(=O)CNS(=O)(=O)c2cccc(C(F)(F)F)c2)N(C)C)cc1. The molecule has 31 heavy (non-hydrogen) atoms. The van der Waals surface area contributed by atoms with Gasteiger partial charge in [-0.25, -0.2) is 13.1 Å². The standard InChI is InChI=1S/C20H24F3N3O4S/c1-26(2)18(14-7-9-16(30-3)10-8-14)12-24-19(27)13-25-31(28,29)17-6-4-5-15(11-17)20(21,22)23/h4-11,18,25H,12-13H2,1-3H3,(H,24,27). The van der Waals surface area contributed by atoms with Gasteiger partial charge in [-0.2, -0.15) is 13.2 Å². The second-order valence-electron chi connectivity index (χ2n) is 6.91. The highest BCUT2D eigenvalue weighted by molar-refractivity contribution is 7.89. The first-order valence-corrected chi connectivity index (χ1v) is 10.7. The van der Waals surface area contributed by atoms with Gasteiger partial charge in [0.15, 0.2) is 0 Å². The number of nitrogens with zero attached hydrogens (tertiary/aromatic N) is 1. The molecule has 7 nitrogen and oxygen atoms in total. The molecule has 1 amide bonds. The molecule has 0 fully saturated rings. The van der Waals surface area contributed by atoms with Crippen molar-refractivity contribution in [2.45, 2.75) is 17.1 Å². The van der Waals surface area contributed by atoms with Gasteiger partial charge in [-0.3, -0.25) is 4.79 Å². The summed E-state index contributed by atoms with van der Waals surface area (Å²) in [5, 5.41) is 2.63. The first-order valence-electron chi connectivity index (χ1n) is 9.18. The molecule has 0 aliphatic rings. The summed E-state index contributed by atoms with van der Waals surface area (Å²) in [6.45, 7) is -0.412. The molecule has 170 valence electrons. The summed E-state index contributed by atoms with van der Waals surface area (Å²) in [5.74, 6) is 0.0743. The molecule has 0 spiro atoms. The number of carbonyl (C=O) groups is 1. The summed E-state index contributed by atoms with van der Waals surface area (Å²) in [6, 6.07) is 10.4. The quantitative estimate of drug-likeness (QED) is 0.602. The minimum Gasteiger partial charge on any atom is -0.497 e. The second kappa shape index (κ2) is 10.1. The summed E-state index contributed by atoms with van der Waals surface area (Å²) in [4.78, 5) is 13.5. The normalized spacial score (nSPS) is 13.1. The number of hydrogen-bond donors (Lipinski definition) is 2. The van der Waals surface area contributed by atoms with E-state index in [2.05, 4.69) is 5.32 Å². The Hall–Kier alpha value is -2.63. The number of hydrogen-bond acceptors (Lipinski definition) is 5. The zero-order chi connectivity index (χ0) is 23.2. The molecule has 0 saturated carbocycles. The van der Waals surface area contributed by atoms with Gasteiger partial charge in [0.2, 0.25) is 15.9 Å². The van der Waals surface area contributed by atoms with E-state index in [4.69, 9.17) is 4.74 Å². The minimum absolute atomic E-state index is 0.185. The number of nitrogens with one attached hydrogen (secondary N) is 2. The first-order chi connectivity index (χ1) is 14.4. The number of benzene rings is 2. The average Bonchev–Trinajstić information content (AvgIpc) is 2.72. The molecule has 2 rings (SSSR count). The molecule has 1 atom stereocenters. The van der Waals surface area contributed by atoms with Crippen LogP contribution in [0, 0.1) is 0 Å². The average molecular weight is 459 g/mol. The first kappa shape index (κ1) is 24.6. The van der Waals surface area contributed by atoms with Crippen LogP contribution in [0.4, 0.5) is 13.2 Å². The monoisotopic (exact) mass is 459 g/mol. The van der Waals surface area contributed by atoms with Gasteiger partial charge in [-0.15, -0.1) is 0 Å². The summed E-state index contributed by atoms with van der Waals surface area (Å²) >= 11 is 0. The highest BCUT2D eigenvalue weighted by atomic mass is 32.2. The van der Waals surface area contributed by atoms with E-state index in [1.165, 1.54) is 0 Å². The Morgan fingerprint density at radius 2 is 1.77 bits per heavy atom. The van der Waals surface area contributed by atoms with E-state index < -0.39 is 39.1 Å². The molecular formula is C20H24F3N3O4S. The van der Waals surface area contributed by atoms with Crippen molar-refractivity contribution < 1.29 is 31.1 Å². The van der Waals surface area contributed by atoms with Crippen LogP contribution in [0.25, 0.3) is 0 Å². The van der Waals surface area contributed by atoms with E-state index in [0.29, 0.717) is 11.8 Å². The number of halogens is 3. The summed E-state index contributed by atoms with van der Waals surface area (Å²) in [7, 11) is 0.928. The fraction of sp³-hybridized carbons (Fsp3) is 0.350. The lowest BCUT2D eigenvalue weighted by atomic mass is 10.1. The van der Waals surface area contributed by atoms with Crippen LogP contribution in [-0.4, -0.2) is 53.5 Å². The van der Waals surface area contributed by atoms with Crippen molar-refractivity contribution in [3.8, 4) is 5.75 Å². The Bertz CT molecular complexity index is 993. The Morgan fingerprint density at radius 1 is 1.13 bits per heavy atom. The largest absolute Gasteiger partial charge is 0.497 e. The number of likely N-dealkylation sites (N-methyl/N-ethyl adjacent to an activating group) is 1. The van der Waals surface area contributed by atoms with Crippen molar-refractivity contribution >= 4 is 15.9 Å². The zero-order valence-electron chi connectivity index (χ0n) is 17.2. The second-order valence-corrected chi connectivity index (χ2v) is 8.67. The van der Waals surface area contributed by atoms with Crippen LogP contribution in [0.3, 0.4) is 0 Å². The molecule has 2 aromatic rings. The van der Waals surface area contributed by atoms with Gasteiger partial charge in [-0.05, 0) is 50.0 Å². The van der Waals surface area contributed by atoms with Gasteiger partial charge in [0.05, 0.1) is 30.2 Å². The van der Waals surface area contributed by atoms with Crippen molar-refractivity contribution in [3.63, 3.8) is 0 Å². The molecule has 0 heterocycles. The minimum atomic E-state index is -4.68. The number of ether oxygens (including phenoxy) is 1. The molecule has 0 saturated heterocycles. The molecule has 0 aliphatic heterocycles. The number of methoxy groups -OCH3 is 1. The van der Waals surface area contributed by atoms with Crippen LogP contribution in [0.15, 0.2) is 53.4 Å². The molecule has 0 aromatic heterocycles. The molecule has 0 radical (unpaired) electrons. The van der Waals surface area contributed by atoms with E-state index in [1.54, 1.807) is 19.2 Å². The third-order valence-electron chi connectivity index (χ3n) is 4.51. The van der Waals surface area contributed by atoms with Gasteiger partial charge < -0.3 is 15.0 Å². The van der Waals surface area contributed by atoms with Crippen LogP contribution in [0.5, 0.6) is 5.75 Å². The van der Waals surface area contributed by atoms with E-state index in [-0.39, 0.29) is 12.6 Å². The predicted octanol–water partition coefficient (Wildman–Crippen LogP) is 2.41. The fourth-order valence-electron chi connectivity index (χ4n) is 2.78. The lowest BCUT2D eigenvalue weighted by Gasteiger charge is -2.25. The highest BCUT2D eigenvalue weighted by Crippen LogP contribution is 2.30. The maximum absolute atomic E-state index is 12.8. The highest BCUT2D eigenvalue weighted by Gasteiger charge is 2.31. The Morgan fingerprint density at radius 3 is 2.32 bits per heavy atom. The zero-order valence-corrected chi connectivity index (χ0v) is 18.0. The summed E-state index contributed by atoms with van der Waals surface area (Å²) < 4.78 is 70.1. The van der Waals surface area contributed by atoms with E-state index >= 15 is 0 Å². The lowest BCUT2D eigenvalue weighted by molar-refractivity contribution is -0.137. The number of amides is 1. The van der Waals surface area contributed by atoms with Gasteiger partial charge in [0.1, 0.15) is 5.75 Å². The van der Waals surface area contributed by atoms with E-state index in [1.807, 2.05) is 35.9 Å². The topological polar surface area (TPSA) is 87.7 Å². The van der Waals surface area contributed by atoms with Gasteiger partial charge in [-0.1, -0.05) is 18.2 Å². The van der Waals surface area contributed by atoms with Crippen molar-refractivity contribution in [2.24, 2.45) is 0 Å². The van der Waals surface area contributed by atoms with Gasteiger partial charge >= 0.3 is 6.18 Å². The van der Waals surface area contributed by atoms with Crippen molar-refractivity contribution in [3.05, 3.63) is 59.7 Å². The predicted molar refractivity (Wildman–Crippen MR) is 109 cm³/mol. The Kier molecular flexibility index (Phi) is 8.04. The number of sulfonamides is 1. The van der Waals surface area contributed by atoms with Crippen LogP contribution < -0.4 is 14.8 Å². The van der Waals surface area contributed by atoms with Crippen molar-refractivity contribution in [1.29, 1.82) is 0 Å². The molecule has 0 aliphatic carbocycles. The molecule has 0 bridgehead atoms. The third kappa shape index (κ3) is 6.94. The fourth-order valence-corrected chi connectivity index (χ4v) is 3.81. The van der Waals surface area contributed by atoms with E-state index in [0.717, 1.165) is 23.8 Å². The van der Waals surface area contributed by atoms with Crippen molar-refractivity contribution in [1.82, 2.24) is 14.9 Å². The Balaban J connectivity index is 1.98. The van der Waals surface area contributed by atoms with Crippen LogP contribution in [-0.2, 0) is 21.0 Å². The molecule has 2 N–H and O–H groups in total. The maximum Gasteiger partial charge on any atom is 0.416 e. The van der Waals surface area contributed by atoms with Crippen molar-refractivity contribution in [2.75, 3.05) is 34.3 Å². The number of alkyl halides is 3. The van der Waals surface area contributed by atoms with Crippen LogP contribution >= 0.6 is 0 Å².